The highest BCUT2D eigenvalue weighted by molar-refractivity contribution is 7.47. The molecular weight excluding hydrogens is 735 g/mol. The van der Waals surface area contributed by atoms with Crippen molar-refractivity contribution in [2.75, 3.05) is 26.4 Å². The van der Waals surface area contributed by atoms with Gasteiger partial charge in [0.1, 0.15) is 12.7 Å². The maximum atomic E-state index is 12.6. The standard InChI is InChI=1S/C44H73O11P/c1-3-5-7-9-11-12-13-14-15-16-17-18-21-26-30-34-44(48)54-40(38-53-56(49,50)52-36-39(46)35-45)37-51-43(47)33-29-25-22-19-20-24-28-32-42-41(55-42)31-27-23-10-8-6-4-2/h5,7,11-12,14-15,19,22-24,27-28,39-42,45-46H,3-4,6,8-10,13,16-18,20-21,25-26,29-38H2,1-2H3,(H,49,50)/b7-5-,12-11-,15-14-,22-19-,27-23-,28-24-/t39-,40+,41?,42?/m0/s1. The molecule has 1 heterocycles. The summed E-state index contributed by atoms with van der Waals surface area (Å²) in [5.74, 6) is -1.02. The van der Waals surface area contributed by atoms with Gasteiger partial charge in [0.25, 0.3) is 0 Å². The average molecular weight is 809 g/mol. The first-order valence-electron chi connectivity index (χ1n) is 21.0. The number of allylic oxidation sites excluding steroid dienone is 10. The van der Waals surface area contributed by atoms with E-state index in [1.165, 1.54) is 19.3 Å². The molecule has 0 radical (unpaired) electrons. The Hall–Kier alpha value is -2.63. The number of hydrogen-bond acceptors (Lipinski definition) is 10. The molecular formula is C44H73O11P. The molecule has 0 amide bonds. The molecule has 0 saturated carbocycles. The van der Waals surface area contributed by atoms with Crippen LogP contribution >= 0.6 is 7.82 Å². The summed E-state index contributed by atoms with van der Waals surface area (Å²) >= 11 is 0. The van der Waals surface area contributed by atoms with E-state index in [0.717, 1.165) is 77.0 Å². The van der Waals surface area contributed by atoms with Crippen LogP contribution in [0.2, 0.25) is 0 Å². The molecule has 56 heavy (non-hydrogen) atoms. The molecule has 0 aromatic heterocycles. The molecule has 1 aliphatic rings. The minimum atomic E-state index is -4.64. The number of phosphoric acid groups is 1. The fourth-order valence-electron chi connectivity index (χ4n) is 5.39. The number of ether oxygens (including phenoxy) is 3. The van der Waals surface area contributed by atoms with Gasteiger partial charge in [-0.25, -0.2) is 4.57 Å². The normalized spacial score (nSPS) is 18.2. The van der Waals surface area contributed by atoms with Crippen LogP contribution in [0.4, 0.5) is 0 Å². The molecule has 11 nitrogen and oxygen atoms in total. The van der Waals surface area contributed by atoms with Gasteiger partial charge >= 0.3 is 19.8 Å². The van der Waals surface area contributed by atoms with Crippen molar-refractivity contribution < 1.29 is 52.5 Å². The fourth-order valence-corrected chi connectivity index (χ4v) is 6.18. The molecule has 0 aliphatic carbocycles. The molecule has 3 N–H and O–H groups in total. The molecule has 1 fully saturated rings. The molecule has 3 unspecified atom stereocenters. The van der Waals surface area contributed by atoms with Crippen molar-refractivity contribution in [2.45, 2.75) is 167 Å². The van der Waals surface area contributed by atoms with Gasteiger partial charge < -0.3 is 29.3 Å². The predicted molar refractivity (Wildman–Crippen MR) is 223 cm³/mol. The topological polar surface area (TPSA) is 161 Å². The van der Waals surface area contributed by atoms with Crippen molar-refractivity contribution in [1.29, 1.82) is 0 Å². The third-order valence-electron chi connectivity index (χ3n) is 8.75. The number of epoxide rings is 1. The van der Waals surface area contributed by atoms with Crippen LogP contribution in [0.3, 0.4) is 0 Å². The lowest BCUT2D eigenvalue weighted by Gasteiger charge is -2.20. The number of rotatable bonds is 37. The summed E-state index contributed by atoms with van der Waals surface area (Å²) in [5.41, 5.74) is 0. The zero-order valence-electron chi connectivity index (χ0n) is 34.3. The van der Waals surface area contributed by atoms with E-state index in [4.69, 9.17) is 23.8 Å². The van der Waals surface area contributed by atoms with E-state index in [2.05, 4.69) is 85.2 Å². The van der Waals surface area contributed by atoms with E-state index >= 15 is 0 Å². The van der Waals surface area contributed by atoms with Gasteiger partial charge in [0, 0.05) is 12.8 Å². The zero-order chi connectivity index (χ0) is 41.0. The number of phosphoric ester groups is 1. The second-order valence-electron chi connectivity index (χ2n) is 14.0. The molecule has 1 rings (SSSR count). The Morgan fingerprint density at radius 2 is 1.16 bits per heavy atom. The summed E-state index contributed by atoms with van der Waals surface area (Å²) in [6, 6.07) is 0. The van der Waals surface area contributed by atoms with E-state index < -0.39 is 51.8 Å². The number of aliphatic hydroxyl groups excluding tert-OH is 2. The van der Waals surface area contributed by atoms with Crippen molar-refractivity contribution in [3.05, 3.63) is 72.9 Å². The lowest BCUT2D eigenvalue weighted by Crippen LogP contribution is -2.29. The summed E-state index contributed by atoms with van der Waals surface area (Å²) in [6.45, 7) is 2.12. The zero-order valence-corrected chi connectivity index (χ0v) is 35.2. The van der Waals surface area contributed by atoms with Gasteiger partial charge in [-0.05, 0) is 83.5 Å². The van der Waals surface area contributed by atoms with Gasteiger partial charge in [-0.2, -0.15) is 0 Å². The van der Waals surface area contributed by atoms with Gasteiger partial charge in [0.2, 0.25) is 0 Å². The maximum Gasteiger partial charge on any atom is 0.472 e. The average Bonchev–Trinajstić information content (AvgIpc) is 3.94. The first-order valence-corrected chi connectivity index (χ1v) is 22.5. The third-order valence-corrected chi connectivity index (χ3v) is 9.70. The van der Waals surface area contributed by atoms with Crippen LogP contribution in [0.25, 0.3) is 0 Å². The number of aliphatic hydroxyl groups is 2. The van der Waals surface area contributed by atoms with E-state index in [0.29, 0.717) is 31.5 Å². The van der Waals surface area contributed by atoms with E-state index in [-0.39, 0.29) is 19.4 Å². The van der Waals surface area contributed by atoms with Gasteiger partial charge in [0.15, 0.2) is 6.10 Å². The lowest BCUT2D eigenvalue weighted by atomic mass is 10.1. The Balaban J connectivity index is 2.32. The largest absolute Gasteiger partial charge is 0.472 e. The first-order chi connectivity index (χ1) is 27.2. The highest BCUT2D eigenvalue weighted by Gasteiger charge is 2.36. The van der Waals surface area contributed by atoms with Crippen molar-refractivity contribution in [3.63, 3.8) is 0 Å². The Morgan fingerprint density at radius 3 is 1.82 bits per heavy atom. The Labute approximate surface area is 337 Å². The van der Waals surface area contributed by atoms with Crippen molar-refractivity contribution >= 4 is 19.8 Å². The highest BCUT2D eigenvalue weighted by Crippen LogP contribution is 2.43. The highest BCUT2D eigenvalue weighted by atomic mass is 31.2. The van der Waals surface area contributed by atoms with Gasteiger partial charge in [-0.1, -0.05) is 119 Å². The summed E-state index contributed by atoms with van der Waals surface area (Å²) in [5, 5.41) is 18.3. The van der Waals surface area contributed by atoms with Crippen molar-refractivity contribution in [2.24, 2.45) is 0 Å². The minimum Gasteiger partial charge on any atom is -0.462 e. The number of carbonyl (C=O) groups excluding carboxylic acids is 2. The van der Waals surface area contributed by atoms with E-state index in [9.17, 15) is 24.2 Å². The van der Waals surface area contributed by atoms with Gasteiger partial charge in [0.05, 0.1) is 32.0 Å². The van der Waals surface area contributed by atoms with Gasteiger partial charge in [-0.3, -0.25) is 18.6 Å². The van der Waals surface area contributed by atoms with E-state index in [1.807, 2.05) is 6.08 Å². The summed E-state index contributed by atoms with van der Waals surface area (Å²) < 4.78 is 38.4. The molecule has 0 spiro atoms. The Kier molecular flexibility index (Phi) is 32.6. The second-order valence-corrected chi connectivity index (χ2v) is 15.5. The predicted octanol–water partition coefficient (Wildman–Crippen LogP) is 9.87. The number of carbonyl (C=O) groups is 2. The quantitative estimate of drug-likeness (QED) is 0.0180. The molecule has 5 atom stereocenters. The van der Waals surface area contributed by atoms with Crippen molar-refractivity contribution in [1.82, 2.24) is 0 Å². The minimum absolute atomic E-state index is 0.146. The third kappa shape index (κ3) is 32.5. The smallest absolute Gasteiger partial charge is 0.462 e. The monoisotopic (exact) mass is 808 g/mol. The van der Waals surface area contributed by atoms with Crippen molar-refractivity contribution in [3.8, 4) is 0 Å². The molecule has 0 aromatic carbocycles. The Bertz CT molecular complexity index is 1230. The van der Waals surface area contributed by atoms with Crippen LogP contribution in [0, 0.1) is 0 Å². The molecule has 12 heteroatoms. The van der Waals surface area contributed by atoms with Crippen LogP contribution in [0.1, 0.15) is 142 Å². The van der Waals surface area contributed by atoms with Crippen LogP contribution in [0.5, 0.6) is 0 Å². The van der Waals surface area contributed by atoms with E-state index in [1.54, 1.807) is 0 Å². The van der Waals surface area contributed by atoms with Crippen LogP contribution < -0.4 is 0 Å². The summed E-state index contributed by atoms with van der Waals surface area (Å²) in [4.78, 5) is 35.0. The number of unbranched alkanes of at least 4 members (excludes halogenated alkanes) is 9. The molecule has 0 bridgehead atoms. The SMILES string of the molecule is CC/C=C\C/C=C\C/C=C\CCCCCCCC(=O)O[C@H](COC(=O)CCC/C=C\C/C=C\CC1OC1C/C=C\CCCCC)COP(=O)(O)OC[C@@H](O)CO. The second kappa shape index (κ2) is 35.5. The van der Waals surface area contributed by atoms with Crippen LogP contribution in [-0.4, -0.2) is 77.9 Å². The molecule has 1 saturated heterocycles. The summed E-state index contributed by atoms with van der Waals surface area (Å²) in [7, 11) is -4.64. The number of hydrogen-bond donors (Lipinski definition) is 3. The fraction of sp³-hybridized carbons (Fsp3) is 0.682. The van der Waals surface area contributed by atoms with Crippen LogP contribution in [-0.2, 0) is 37.4 Å². The molecule has 0 aromatic rings. The van der Waals surface area contributed by atoms with Gasteiger partial charge in [-0.15, -0.1) is 0 Å². The number of esters is 2. The van der Waals surface area contributed by atoms with Crippen LogP contribution in [0.15, 0.2) is 72.9 Å². The Morgan fingerprint density at radius 1 is 0.643 bits per heavy atom. The molecule has 1 aliphatic heterocycles. The summed E-state index contributed by atoms with van der Waals surface area (Å²) in [6.07, 6.45) is 41.9. The lowest BCUT2D eigenvalue weighted by molar-refractivity contribution is -0.161. The first kappa shape index (κ1) is 51.4. The maximum absolute atomic E-state index is 12.6. The molecule has 320 valence electrons.